The Morgan fingerprint density at radius 2 is 1.91 bits per heavy atom. The van der Waals surface area contributed by atoms with Gasteiger partial charge in [-0.15, -0.1) is 11.3 Å². The van der Waals surface area contributed by atoms with Gasteiger partial charge < -0.3 is 14.6 Å². The topological polar surface area (TPSA) is 87.2 Å². The zero-order valence-electron chi connectivity index (χ0n) is 20.2. The van der Waals surface area contributed by atoms with Gasteiger partial charge in [0.05, 0.1) is 12.3 Å². The lowest BCUT2D eigenvalue weighted by Gasteiger charge is -2.34. The highest BCUT2D eigenvalue weighted by atomic mass is 32.1. The summed E-state index contributed by atoms with van der Waals surface area (Å²) in [5.41, 5.74) is 4.10. The Morgan fingerprint density at radius 3 is 2.69 bits per heavy atom. The van der Waals surface area contributed by atoms with Crippen molar-refractivity contribution in [1.82, 2.24) is 24.8 Å². The Bertz CT molecular complexity index is 1290. The SMILES string of the molecule is CCOC(=O)c1sc(-c2cnc(N3CCN(CCCc4c[nH]c5ccccc45)CC3)nc2)nc1C. The van der Waals surface area contributed by atoms with Crippen LogP contribution in [0, 0.1) is 6.92 Å². The lowest BCUT2D eigenvalue weighted by Crippen LogP contribution is -2.47. The number of thiazole rings is 1. The predicted molar refractivity (Wildman–Crippen MR) is 139 cm³/mol. The van der Waals surface area contributed by atoms with Crippen molar-refractivity contribution in [2.24, 2.45) is 0 Å². The summed E-state index contributed by atoms with van der Waals surface area (Å²) in [6, 6.07) is 8.50. The smallest absolute Gasteiger partial charge is 0.350 e. The van der Waals surface area contributed by atoms with E-state index in [2.05, 4.69) is 60.2 Å². The molecule has 0 aliphatic carbocycles. The summed E-state index contributed by atoms with van der Waals surface area (Å²) >= 11 is 1.32. The molecule has 1 saturated heterocycles. The van der Waals surface area contributed by atoms with Gasteiger partial charge in [0.25, 0.3) is 0 Å². The van der Waals surface area contributed by atoms with E-state index in [1.807, 2.05) is 6.92 Å². The van der Waals surface area contributed by atoms with Gasteiger partial charge in [0.15, 0.2) is 0 Å². The molecule has 0 amide bonds. The number of hydrogen-bond acceptors (Lipinski definition) is 8. The number of benzene rings is 1. The van der Waals surface area contributed by atoms with E-state index in [4.69, 9.17) is 4.74 Å². The van der Waals surface area contributed by atoms with E-state index in [0.717, 1.165) is 62.1 Å². The average molecular weight is 491 g/mol. The van der Waals surface area contributed by atoms with Crippen LogP contribution < -0.4 is 4.90 Å². The molecule has 9 heteroatoms. The van der Waals surface area contributed by atoms with Crippen molar-refractivity contribution < 1.29 is 9.53 Å². The Labute approximate surface area is 209 Å². The van der Waals surface area contributed by atoms with Crippen molar-refractivity contribution in [1.29, 1.82) is 0 Å². The van der Waals surface area contributed by atoms with E-state index >= 15 is 0 Å². The monoisotopic (exact) mass is 490 g/mol. The fourth-order valence-corrected chi connectivity index (χ4v) is 5.44. The molecule has 0 bridgehead atoms. The highest BCUT2D eigenvalue weighted by Gasteiger charge is 2.20. The van der Waals surface area contributed by atoms with Gasteiger partial charge in [0.1, 0.15) is 9.88 Å². The fourth-order valence-electron chi connectivity index (χ4n) is 4.50. The van der Waals surface area contributed by atoms with Gasteiger partial charge in [-0.3, -0.25) is 4.90 Å². The maximum atomic E-state index is 12.1. The molecule has 0 saturated carbocycles. The summed E-state index contributed by atoms with van der Waals surface area (Å²) in [6.45, 7) is 8.90. The minimum absolute atomic E-state index is 0.328. The summed E-state index contributed by atoms with van der Waals surface area (Å²) in [5, 5.41) is 2.07. The van der Waals surface area contributed by atoms with Crippen LogP contribution >= 0.6 is 11.3 Å². The Balaban J connectivity index is 1.12. The third kappa shape index (κ3) is 5.21. The molecule has 5 rings (SSSR count). The second-order valence-electron chi connectivity index (χ2n) is 8.72. The number of H-pyrrole nitrogens is 1. The third-order valence-corrected chi connectivity index (χ3v) is 7.58. The quantitative estimate of drug-likeness (QED) is 0.368. The number of carbonyl (C=O) groups is 1. The number of fused-ring (bicyclic) bond motifs is 1. The number of hydrogen-bond donors (Lipinski definition) is 1. The van der Waals surface area contributed by atoms with Crippen LogP contribution in [0.15, 0.2) is 42.9 Å². The zero-order valence-corrected chi connectivity index (χ0v) is 21.0. The van der Waals surface area contributed by atoms with Crippen LogP contribution in [0.5, 0.6) is 0 Å². The number of nitrogens with one attached hydrogen (secondary N) is 1. The average Bonchev–Trinajstić information content (AvgIpc) is 3.48. The number of nitrogens with zero attached hydrogens (tertiary/aromatic N) is 5. The van der Waals surface area contributed by atoms with E-state index in [9.17, 15) is 4.79 Å². The summed E-state index contributed by atoms with van der Waals surface area (Å²) in [4.78, 5) is 34.4. The van der Waals surface area contributed by atoms with Crippen LogP contribution in [0.25, 0.3) is 21.5 Å². The number of ether oxygens (including phenoxy) is 1. The number of carbonyl (C=O) groups excluding carboxylic acids is 1. The fraction of sp³-hybridized carbons (Fsp3) is 0.385. The molecule has 0 unspecified atom stereocenters. The molecule has 4 aromatic rings. The van der Waals surface area contributed by atoms with E-state index in [0.29, 0.717) is 17.2 Å². The number of aromatic nitrogens is 4. The Kier molecular flexibility index (Phi) is 7.06. The molecular formula is C26H30N6O2S. The predicted octanol–water partition coefficient (Wildman–Crippen LogP) is 4.32. The minimum Gasteiger partial charge on any atom is -0.462 e. The van der Waals surface area contributed by atoms with E-state index in [1.165, 1.54) is 27.8 Å². The standard InChI is InChI=1S/C26H30N6O2S/c1-3-34-25(33)23-18(2)30-24(35-23)20-16-28-26(29-17-20)32-13-11-31(12-14-32)10-6-7-19-15-27-22-9-5-4-8-21(19)22/h4-5,8-9,15-17,27H,3,6-7,10-14H2,1-2H3. The van der Waals surface area contributed by atoms with Crippen LogP contribution in [0.1, 0.15) is 34.3 Å². The molecule has 0 radical (unpaired) electrons. The third-order valence-electron chi connectivity index (χ3n) is 6.39. The van der Waals surface area contributed by atoms with Crippen LogP contribution in [0.3, 0.4) is 0 Å². The second-order valence-corrected chi connectivity index (χ2v) is 9.72. The summed E-state index contributed by atoms with van der Waals surface area (Å²) in [6.07, 6.45) is 7.97. The number of para-hydroxylation sites is 1. The molecule has 1 fully saturated rings. The first-order chi connectivity index (χ1) is 17.1. The molecule has 1 aliphatic rings. The summed E-state index contributed by atoms with van der Waals surface area (Å²) in [7, 11) is 0. The molecule has 1 aromatic carbocycles. The Hall–Kier alpha value is -3.30. The lowest BCUT2D eigenvalue weighted by molar-refractivity contribution is 0.0531. The Morgan fingerprint density at radius 1 is 1.14 bits per heavy atom. The van der Waals surface area contributed by atoms with Crippen molar-refractivity contribution in [3.63, 3.8) is 0 Å². The molecule has 3 aromatic heterocycles. The highest BCUT2D eigenvalue weighted by molar-refractivity contribution is 7.17. The largest absolute Gasteiger partial charge is 0.462 e. The number of anilines is 1. The molecule has 1 N–H and O–H groups in total. The molecule has 35 heavy (non-hydrogen) atoms. The molecular weight excluding hydrogens is 460 g/mol. The number of aryl methyl sites for hydroxylation is 2. The first-order valence-electron chi connectivity index (χ1n) is 12.1. The maximum absolute atomic E-state index is 12.1. The van der Waals surface area contributed by atoms with Gasteiger partial charge >= 0.3 is 5.97 Å². The van der Waals surface area contributed by atoms with Crippen LogP contribution in [0.2, 0.25) is 0 Å². The molecule has 4 heterocycles. The molecule has 8 nitrogen and oxygen atoms in total. The van der Waals surface area contributed by atoms with Crippen molar-refractivity contribution in [2.75, 3.05) is 44.2 Å². The zero-order chi connectivity index (χ0) is 24.2. The van der Waals surface area contributed by atoms with Crippen molar-refractivity contribution in [2.45, 2.75) is 26.7 Å². The highest BCUT2D eigenvalue weighted by Crippen LogP contribution is 2.28. The normalized spacial score (nSPS) is 14.5. The van der Waals surface area contributed by atoms with Crippen LogP contribution in [0.4, 0.5) is 5.95 Å². The molecule has 0 spiro atoms. The van der Waals surface area contributed by atoms with E-state index in [1.54, 1.807) is 19.3 Å². The number of esters is 1. The summed E-state index contributed by atoms with van der Waals surface area (Å²) < 4.78 is 5.11. The van der Waals surface area contributed by atoms with Gasteiger partial charge in [-0.1, -0.05) is 18.2 Å². The van der Waals surface area contributed by atoms with E-state index < -0.39 is 0 Å². The first-order valence-corrected chi connectivity index (χ1v) is 12.9. The van der Waals surface area contributed by atoms with Crippen molar-refractivity contribution >= 4 is 34.2 Å². The van der Waals surface area contributed by atoms with Crippen LogP contribution in [-0.4, -0.2) is 70.1 Å². The molecule has 1 aliphatic heterocycles. The second kappa shape index (κ2) is 10.5. The van der Waals surface area contributed by atoms with Gasteiger partial charge in [-0.2, -0.15) is 0 Å². The summed E-state index contributed by atoms with van der Waals surface area (Å²) in [5.74, 6) is 0.414. The minimum atomic E-state index is -0.328. The van der Waals surface area contributed by atoms with Crippen molar-refractivity contribution in [3.8, 4) is 10.6 Å². The van der Waals surface area contributed by atoms with Gasteiger partial charge in [-0.05, 0) is 44.9 Å². The van der Waals surface area contributed by atoms with Gasteiger partial charge in [0.2, 0.25) is 5.95 Å². The number of piperazine rings is 1. The number of rotatable bonds is 8. The van der Waals surface area contributed by atoms with Gasteiger partial charge in [0, 0.05) is 61.2 Å². The van der Waals surface area contributed by atoms with Gasteiger partial charge in [-0.25, -0.2) is 19.7 Å². The molecule has 182 valence electrons. The molecule has 0 atom stereocenters. The first kappa shape index (κ1) is 23.4. The lowest BCUT2D eigenvalue weighted by atomic mass is 10.1. The van der Waals surface area contributed by atoms with Crippen LogP contribution in [-0.2, 0) is 11.2 Å². The van der Waals surface area contributed by atoms with Crippen molar-refractivity contribution in [3.05, 3.63) is 59.0 Å². The maximum Gasteiger partial charge on any atom is 0.350 e. The number of aromatic amines is 1. The van der Waals surface area contributed by atoms with E-state index in [-0.39, 0.29) is 5.97 Å².